The fourth-order valence-electron chi connectivity index (χ4n) is 7.32. The van der Waals surface area contributed by atoms with E-state index in [1.54, 1.807) is 19.3 Å². The second-order valence-electron chi connectivity index (χ2n) is 11.9. The van der Waals surface area contributed by atoms with E-state index in [1.807, 2.05) is 60.7 Å². The number of aliphatic hydroxyl groups is 2. The van der Waals surface area contributed by atoms with Gasteiger partial charge in [-0.1, -0.05) is 72.8 Å². The van der Waals surface area contributed by atoms with Crippen molar-refractivity contribution in [3.63, 3.8) is 0 Å². The van der Waals surface area contributed by atoms with E-state index in [4.69, 9.17) is 0 Å². The fourth-order valence-corrected chi connectivity index (χ4v) is 7.32. The topological polar surface area (TPSA) is 82.5 Å². The zero-order valence-corrected chi connectivity index (χ0v) is 22.9. The summed E-state index contributed by atoms with van der Waals surface area (Å²) in [6.07, 6.45) is 6.84. The first-order chi connectivity index (χ1) is 19.3. The lowest BCUT2D eigenvalue weighted by Crippen LogP contribution is -2.62. The lowest BCUT2D eigenvalue weighted by molar-refractivity contribution is -0.204. The van der Waals surface area contributed by atoms with Crippen LogP contribution < -0.4 is 5.32 Å². The summed E-state index contributed by atoms with van der Waals surface area (Å²) < 4.78 is 0. The van der Waals surface area contributed by atoms with Crippen LogP contribution in [0, 0.1) is 5.92 Å². The number of benzene rings is 3. The average molecular weight is 533 g/mol. The second kappa shape index (κ2) is 10.3. The van der Waals surface area contributed by atoms with Gasteiger partial charge in [0.25, 0.3) is 5.91 Å². The summed E-state index contributed by atoms with van der Waals surface area (Å²) in [6.45, 7) is 2.21. The number of nitrogens with one attached hydrogen (secondary N) is 1. The van der Waals surface area contributed by atoms with Gasteiger partial charge in [0.05, 0.1) is 5.60 Å². The molecule has 2 aliphatic carbocycles. The highest BCUT2D eigenvalue weighted by Crippen LogP contribution is 2.59. The van der Waals surface area contributed by atoms with Crippen molar-refractivity contribution in [2.45, 2.75) is 62.2 Å². The summed E-state index contributed by atoms with van der Waals surface area (Å²) in [5.74, 6) is 0.0517. The van der Waals surface area contributed by atoms with Gasteiger partial charge in [0.2, 0.25) is 0 Å². The molecule has 2 aliphatic rings. The Balaban J connectivity index is 1.37. The zero-order valence-electron chi connectivity index (χ0n) is 22.9. The van der Waals surface area contributed by atoms with Gasteiger partial charge in [-0.3, -0.25) is 9.78 Å². The SMILES string of the molecule is CC1(O)CC2(Cc3ccccc3)c3ccc(C(=O)NCc4cccnc4)cc3CCC2CC1(O)c1ccccc1. The molecule has 1 aromatic heterocycles. The molecular formula is C35H36N2O3. The van der Waals surface area contributed by atoms with Crippen LogP contribution in [0.25, 0.3) is 0 Å². The summed E-state index contributed by atoms with van der Waals surface area (Å²) in [4.78, 5) is 17.2. The second-order valence-corrected chi connectivity index (χ2v) is 11.9. The van der Waals surface area contributed by atoms with E-state index in [2.05, 4.69) is 40.6 Å². The number of pyridine rings is 1. The quantitative estimate of drug-likeness (QED) is 0.307. The third-order valence-corrected chi connectivity index (χ3v) is 9.33. The lowest BCUT2D eigenvalue weighted by Gasteiger charge is -2.59. The van der Waals surface area contributed by atoms with Crippen LogP contribution in [0.1, 0.15) is 64.4 Å². The van der Waals surface area contributed by atoms with Crippen molar-refractivity contribution in [1.82, 2.24) is 10.3 Å². The van der Waals surface area contributed by atoms with Crippen molar-refractivity contribution >= 4 is 5.91 Å². The molecule has 0 saturated heterocycles. The zero-order chi connectivity index (χ0) is 27.8. The molecular weight excluding hydrogens is 496 g/mol. The van der Waals surface area contributed by atoms with Gasteiger partial charge in [-0.05, 0) is 91.0 Å². The van der Waals surface area contributed by atoms with E-state index in [0.717, 1.165) is 36.0 Å². The molecule has 1 heterocycles. The summed E-state index contributed by atoms with van der Waals surface area (Å²) in [5, 5.41) is 27.2. The number of carbonyl (C=O) groups is 1. The van der Waals surface area contributed by atoms with Crippen LogP contribution in [0.4, 0.5) is 0 Å². The molecule has 3 N–H and O–H groups in total. The predicted molar refractivity (Wildman–Crippen MR) is 156 cm³/mol. The standard InChI is InChI=1S/C35H36N2O3/c1-33(39)24-34(20-25-9-4-2-5-10-25)30(21-35(33,40)29-12-6-3-7-13-29)16-14-27-19-28(15-17-31(27)34)32(38)37-23-26-11-8-18-36-22-26/h2-13,15,17-19,22,30,39-40H,14,16,20-21,23-24H2,1H3,(H,37,38). The number of aromatic nitrogens is 1. The van der Waals surface area contributed by atoms with Crippen molar-refractivity contribution in [3.05, 3.63) is 137 Å². The summed E-state index contributed by atoms with van der Waals surface area (Å²) in [5.41, 5.74) is 2.84. The lowest BCUT2D eigenvalue weighted by atomic mass is 9.48. The number of hydrogen-bond acceptors (Lipinski definition) is 4. The monoisotopic (exact) mass is 532 g/mol. The number of hydrogen-bond donors (Lipinski definition) is 3. The maximum Gasteiger partial charge on any atom is 0.251 e. The molecule has 0 spiro atoms. The molecule has 3 aromatic carbocycles. The van der Waals surface area contributed by atoms with Crippen molar-refractivity contribution in [2.75, 3.05) is 0 Å². The molecule has 0 bridgehead atoms. The molecule has 0 aliphatic heterocycles. The Morgan fingerprint density at radius 3 is 2.40 bits per heavy atom. The van der Waals surface area contributed by atoms with Gasteiger partial charge >= 0.3 is 0 Å². The van der Waals surface area contributed by atoms with E-state index >= 15 is 0 Å². The highest BCUT2D eigenvalue weighted by Gasteiger charge is 2.61. The van der Waals surface area contributed by atoms with Crippen molar-refractivity contribution < 1.29 is 15.0 Å². The van der Waals surface area contributed by atoms with E-state index in [-0.39, 0.29) is 17.2 Å². The molecule has 1 fully saturated rings. The summed E-state index contributed by atoms with van der Waals surface area (Å²) in [6, 6.07) is 29.9. The molecule has 5 heteroatoms. The maximum atomic E-state index is 13.1. The van der Waals surface area contributed by atoms with Gasteiger partial charge < -0.3 is 15.5 Å². The van der Waals surface area contributed by atoms with Crippen LogP contribution in [-0.2, 0) is 30.4 Å². The largest absolute Gasteiger partial charge is 0.387 e. The third-order valence-electron chi connectivity index (χ3n) is 9.33. The molecule has 4 unspecified atom stereocenters. The van der Waals surface area contributed by atoms with E-state index < -0.39 is 11.2 Å². The van der Waals surface area contributed by atoms with E-state index in [0.29, 0.717) is 24.9 Å². The Hall–Kier alpha value is -3.80. The highest BCUT2D eigenvalue weighted by molar-refractivity contribution is 5.94. The van der Waals surface area contributed by atoms with E-state index in [1.165, 1.54) is 11.1 Å². The number of nitrogens with zero attached hydrogens (tertiary/aromatic N) is 1. The number of rotatable bonds is 6. The van der Waals surface area contributed by atoms with Crippen molar-refractivity contribution in [1.29, 1.82) is 0 Å². The average Bonchev–Trinajstić information content (AvgIpc) is 2.98. The first-order valence-corrected chi connectivity index (χ1v) is 14.2. The smallest absolute Gasteiger partial charge is 0.251 e. The fraction of sp³-hybridized carbons (Fsp3) is 0.314. The molecule has 5 nitrogen and oxygen atoms in total. The molecule has 4 atom stereocenters. The molecule has 1 amide bonds. The Morgan fingerprint density at radius 1 is 0.950 bits per heavy atom. The highest BCUT2D eigenvalue weighted by atomic mass is 16.4. The molecule has 1 saturated carbocycles. The molecule has 204 valence electrons. The maximum absolute atomic E-state index is 13.1. The van der Waals surface area contributed by atoms with Crippen LogP contribution in [0.3, 0.4) is 0 Å². The van der Waals surface area contributed by atoms with Crippen LogP contribution in [0.15, 0.2) is 103 Å². The van der Waals surface area contributed by atoms with Crippen molar-refractivity contribution in [2.24, 2.45) is 5.92 Å². The van der Waals surface area contributed by atoms with Gasteiger partial charge in [-0.2, -0.15) is 0 Å². The molecule has 4 aromatic rings. The predicted octanol–water partition coefficient (Wildman–Crippen LogP) is 5.49. The minimum absolute atomic E-state index is 0.111. The van der Waals surface area contributed by atoms with Crippen LogP contribution in [-0.4, -0.2) is 26.7 Å². The Bertz CT molecular complexity index is 1490. The Morgan fingerprint density at radius 2 is 1.68 bits per heavy atom. The number of aryl methyl sites for hydroxylation is 1. The first-order valence-electron chi connectivity index (χ1n) is 14.2. The molecule has 40 heavy (non-hydrogen) atoms. The molecule has 0 radical (unpaired) electrons. The normalized spacial score (nSPS) is 27.3. The van der Waals surface area contributed by atoms with Gasteiger partial charge in [0.15, 0.2) is 0 Å². The van der Waals surface area contributed by atoms with Gasteiger partial charge in [-0.25, -0.2) is 0 Å². The van der Waals surface area contributed by atoms with Crippen LogP contribution in [0.5, 0.6) is 0 Å². The van der Waals surface area contributed by atoms with Gasteiger partial charge in [0.1, 0.15) is 5.60 Å². The number of fused-ring (bicyclic) bond motifs is 3. The minimum atomic E-state index is -1.35. The van der Waals surface area contributed by atoms with Crippen LogP contribution >= 0.6 is 0 Å². The summed E-state index contributed by atoms with van der Waals surface area (Å²) >= 11 is 0. The number of amides is 1. The van der Waals surface area contributed by atoms with Crippen molar-refractivity contribution in [3.8, 4) is 0 Å². The Kier molecular flexibility index (Phi) is 6.81. The van der Waals surface area contributed by atoms with Gasteiger partial charge in [-0.15, -0.1) is 0 Å². The minimum Gasteiger partial charge on any atom is -0.387 e. The van der Waals surface area contributed by atoms with Gasteiger partial charge in [0, 0.05) is 29.9 Å². The van der Waals surface area contributed by atoms with E-state index in [9.17, 15) is 15.0 Å². The first kappa shape index (κ1) is 26.4. The number of carbonyl (C=O) groups excluding carboxylic acids is 1. The third kappa shape index (κ3) is 4.63. The summed E-state index contributed by atoms with van der Waals surface area (Å²) in [7, 11) is 0. The van der Waals surface area contributed by atoms with Crippen LogP contribution in [0.2, 0.25) is 0 Å². The Labute approximate surface area is 235 Å². The molecule has 6 rings (SSSR count).